The number of nitrogens with one attached hydrogen (secondary N) is 2. The molecule has 0 saturated carbocycles. The minimum atomic E-state index is -0.780. The van der Waals surface area contributed by atoms with Crippen LogP contribution in [0.4, 0.5) is 5.69 Å². The maximum absolute atomic E-state index is 12.4. The fourth-order valence-corrected chi connectivity index (χ4v) is 2.68. The van der Waals surface area contributed by atoms with Gasteiger partial charge in [-0.3, -0.25) is 35.5 Å². The van der Waals surface area contributed by atoms with E-state index in [4.69, 9.17) is 4.74 Å². The molecule has 0 aliphatic heterocycles. The minimum Gasteiger partial charge on any atom is -0.452 e. The summed E-state index contributed by atoms with van der Waals surface area (Å²) in [5, 5.41) is 11.4. The predicted octanol–water partition coefficient (Wildman–Crippen LogP) is 2.07. The summed E-state index contributed by atoms with van der Waals surface area (Å²) in [7, 11) is 0. The van der Waals surface area contributed by atoms with Gasteiger partial charge in [-0.05, 0) is 25.1 Å². The number of aryl methyl sites for hydroxylation is 1. The van der Waals surface area contributed by atoms with Gasteiger partial charge in [0.05, 0.1) is 16.0 Å². The third-order valence-electron chi connectivity index (χ3n) is 4.03. The molecule has 0 bridgehead atoms. The smallest absolute Gasteiger partial charge is 0.339 e. The average Bonchev–Trinajstić information content (AvgIpc) is 2.75. The van der Waals surface area contributed by atoms with Crippen LogP contribution in [0.3, 0.4) is 0 Å². The van der Waals surface area contributed by atoms with Crippen LogP contribution in [0, 0.1) is 17.0 Å². The summed E-state index contributed by atoms with van der Waals surface area (Å²) < 4.78 is 5.02. The molecule has 0 fully saturated rings. The molecule has 0 saturated heterocycles. The number of amides is 2. The molecular formula is C20H16N4O6. The highest BCUT2D eigenvalue weighted by Crippen LogP contribution is 2.19. The number of aromatic nitrogens is 1. The standard InChI is InChI=1S/C20H16N4O6/c1-12-9-16(15-7-2-3-8-17(15)21-12)20(27)30-11-18(25)22-23-19(26)13-5-4-6-14(10-13)24(28)29/h2-10H,11H2,1H3,(H,22,25)(H,23,26). The van der Waals surface area contributed by atoms with E-state index in [0.29, 0.717) is 16.6 Å². The van der Waals surface area contributed by atoms with Crippen molar-refractivity contribution in [3.05, 3.63) is 81.5 Å². The Morgan fingerprint density at radius 1 is 1.07 bits per heavy atom. The van der Waals surface area contributed by atoms with Crippen molar-refractivity contribution in [2.24, 2.45) is 0 Å². The molecule has 30 heavy (non-hydrogen) atoms. The van der Waals surface area contributed by atoms with Gasteiger partial charge in [-0.15, -0.1) is 0 Å². The summed E-state index contributed by atoms with van der Waals surface area (Å²) in [5.41, 5.74) is 5.43. The first kappa shape index (κ1) is 20.4. The van der Waals surface area contributed by atoms with Gasteiger partial charge in [-0.1, -0.05) is 24.3 Å². The van der Waals surface area contributed by atoms with Crippen LogP contribution in [0.25, 0.3) is 10.9 Å². The van der Waals surface area contributed by atoms with E-state index in [1.165, 1.54) is 18.2 Å². The number of esters is 1. The number of fused-ring (bicyclic) bond motifs is 1. The van der Waals surface area contributed by atoms with Crippen molar-refractivity contribution in [3.63, 3.8) is 0 Å². The molecule has 3 rings (SSSR count). The van der Waals surface area contributed by atoms with Crippen molar-refractivity contribution in [3.8, 4) is 0 Å². The monoisotopic (exact) mass is 408 g/mol. The highest BCUT2D eigenvalue weighted by molar-refractivity contribution is 6.04. The quantitative estimate of drug-likeness (QED) is 0.374. The number of ether oxygens (including phenoxy) is 1. The third kappa shape index (κ3) is 4.73. The van der Waals surface area contributed by atoms with Crippen LogP contribution in [0.5, 0.6) is 0 Å². The van der Waals surface area contributed by atoms with Crippen LogP contribution in [-0.4, -0.2) is 34.3 Å². The molecule has 0 atom stereocenters. The fraction of sp³-hybridized carbons (Fsp3) is 0.100. The summed E-state index contributed by atoms with van der Waals surface area (Å²) in [5.74, 6) is -2.25. The maximum Gasteiger partial charge on any atom is 0.339 e. The summed E-state index contributed by atoms with van der Waals surface area (Å²) in [4.78, 5) is 50.8. The van der Waals surface area contributed by atoms with Gasteiger partial charge in [-0.25, -0.2) is 4.79 Å². The minimum absolute atomic E-state index is 0.0137. The largest absolute Gasteiger partial charge is 0.452 e. The molecular weight excluding hydrogens is 392 g/mol. The number of carbonyl (C=O) groups is 3. The summed E-state index contributed by atoms with van der Waals surface area (Å²) >= 11 is 0. The number of pyridine rings is 1. The normalized spacial score (nSPS) is 10.3. The van der Waals surface area contributed by atoms with Crippen LogP contribution in [0.2, 0.25) is 0 Å². The van der Waals surface area contributed by atoms with Gasteiger partial charge in [0.2, 0.25) is 0 Å². The highest BCUT2D eigenvalue weighted by Gasteiger charge is 2.16. The Hall–Kier alpha value is -4.34. The first-order valence-electron chi connectivity index (χ1n) is 8.72. The molecule has 0 aliphatic carbocycles. The predicted molar refractivity (Wildman–Crippen MR) is 105 cm³/mol. The molecule has 0 radical (unpaired) electrons. The zero-order chi connectivity index (χ0) is 21.7. The summed E-state index contributed by atoms with van der Waals surface area (Å²) in [6.07, 6.45) is 0. The van der Waals surface area contributed by atoms with Gasteiger partial charge in [0, 0.05) is 28.8 Å². The lowest BCUT2D eigenvalue weighted by Crippen LogP contribution is -2.43. The Bertz CT molecular complexity index is 1160. The Morgan fingerprint density at radius 3 is 2.60 bits per heavy atom. The van der Waals surface area contributed by atoms with Crippen molar-refractivity contribution in [2.75, 3.05) is 6.61 Å². The van der Waals surface area contributed by atoms with Crippen molar-refractivity contribution < 1.29 is 24.0 Å². The molecule has 1 aromatic heterocycles. The van der Waals surface area contributed by atoms with Crippen LogP contribution >= 0.6 is 0 Å². The topological polar surface area (TPSA) is 141 Å². The van der Waals surface area contributed by atoms with Crippen LogP contribution < -0.4 is 10.9 Å². The molecule has 0 unspecified atom stereocenters. The lowest BCUT2D eigenvalue weighted by Gasteiger charge is -2.10. The van der Waals surface area contributed by atoms with Gasteiger partial charge in [0.1, 0.15) is 0 Å². The van der Waals surface area contributed by atoms with E-state index >= 15 is 0 Å². The SMILES string of the molecule is Cc1cc(C(=O)OCC(=O)NNC(=O)c2cccc([N+](=O)[O-])c2)c2ccccc2n1. The summed E-state index contributed by atoms with van der Waals surface area (Å²) in [6.45, 7) is 1.10. The summed E-state index contributed by atoms with van der Waals surface area (Å²) in [6, 6.07) is 13.6. The van der Waals surface area contributed by atoms with E-state index in [9.17, 15) is 24.5 Å². The molecule has 2 aromatic carbocycles. The van der Waals surface area contributed by atoms with Crippen LogP contribution in [0.15, 0.2) is 54.6 Å². The third-order valence-corrected chi connectivity index (χ3v) is 4.03. The van der Waals surface area contributed by atoms with Crippen molar-refractivity contribution in [1.29, 1.82) is 0 Å². The number of nitrogens with zero attached hydrogens (tertiary/aromatic N) is 2. The van der Waals surface area contributed by atoms with Crippen molar-refractivity contribution >= 4 is 34.4 Å². The Balaban J connectivity index is 1.57. The number of benzene rings is 2. The van der Waals surface area contributed by atoms with Gasteiger partial charge < -0.3 is 4.74 Å². The number of carbonyl (C=O) groups excluding carboxylic acids is 3. The first-order chi connectivity index (χ1) is 14.3. The molecule has 2 N–H and O–H groups in total. The van der Waals surface area contributed by atoms with Gasteiger partial charge in [0.15, 0.2) is 6.61 Å². The second kappa shape index (κ2) is 8.78. The van der Waals surface area contributed by atoms with Crippen LogP contribution in [0.1, 0.15) is 26.4 Å². The Labute approximate surface area is 170 Å². The van der Waals surface area contributed by atoms with E-state index in [2.05, 4.69) is 15.8 Å². The van der Waals surface area contributed by atoms with Crippen molar-refractivity contribution in [2.45, 2.75) is 6.92 Å². The molecule has 2 amide bonds. The molecule has 0 aliphatic rings. The van der Waals surface area contributed by atoms with E-state index in [1.54, 1.807) is 37.3 Å². The molecule has 10 heteroatoms. The molecule has 3 aromatic rings. The first-order valence-corrected chi connectivity index (χ1v) is 8.72. The number of nitro benzene ring substituents is 1. The van der Waals surface area contributed by atoms with Gasteiger partial charge in [0.25, 0.3) is 17.5 Å². The zero-order valence-corrected chi connectivity index (χ0v) is 15.7. The molecule has 152 valence electrons. The lowest BCUT2D eigenvalue weighted by molar-refractivity contribution is -0.384. The van der Waals surface area contributed by atoms with Gasteiger partial charge in [-0.2, -0.15) is 0 Å². The fourth-order valence-electron chi connectivity index (χ4n) is 2.68. The number of rotatable bonds is 5. The van der Waals surface area contributed by atoms with Crippen LogP contribution in [-0.2, 0) is 9.53 Å². The molecule has 1 heterocycles. The number of hydrogen-bond donors (Lipinski definition) is 2. The van der Waals surface area contributed by atoms with E-state index in [1.807, 2.05) is 0 Å². The second-order valence-corrected chi connectivity index (χ2v) is 6.21. The second-order valence-electron chi connectivity index (χ2n) is 6.21. The van der Waals surface area contributed by atoms with Crippen molar-refractivity contribution in [1.82, 2.24) is 15.8 Å². The number of hydrogen-bond acceptors (Lipinski definition) is 7. The highest BCUT2D eigenvalue weighted by atomic mass is 16.6. The lowest BCUT2D eigenvalue weighted by atomic mass is 10.1. The average molecular weight is 408 g/mol. The molecule has 0 spiro atoms. The van der Waals surface area contributed by atoms with E-state index < -0.39 is 29.3 Å². The van der Waals surface area contributed by atoms with E-state index in [-0.39, 0.29) is 16.8 Å². The zero-order valence-electron chi connectivity index (χ0n) is 15.7. The Kier molecular flexibility index (Phi) is 5.97. The maximum atomic E-state index is 12.4. The number of non-ortho nitro benzene ring substituents is 1. The van der Waals surface area contributed by atoms with Gasteiger partial charge >= 0.3 is 5.97 Å². The number of hydrazine groups is 1. The Morgan fingerprint density at radius 2 is 1.83 bits per heavy atom. The number of para-hydroxylation sites is 1. The van der Waals surface area contributed by atoms with E-state index in [0.717, 1.165) is 6.07 Å². The number of nitro groups is 1. The molecule has 10 nitrogen and oxygen atoms in total.